The fourth-order valence-electron chi connectivity index (χ4n) is 7.03. The molecule has 0 atom stereocenters. The van der Waals surface area contributed by atoms with E-state index in [4.69, 9.17) is 20.0 Å². The molecular weight excluding hydrogens is 800 g/mol. The molecule has 10 rings (SSSR count). The summed E-state index contributed by atoms with van der Waals surface area (Å²) in [5.41, 5.74) is 6.74. The topological polar surface area (TPSA) is 136 Å². The van der Waals surface area contributed by atoms with Gasteiger partial charge >= 0.3 is 7.12 Å². The van der Waals surface area contributed by atoms with Gasteiger partial charge < -0.3 is 10.0 Å². The average molecular weight is 837 g/mol. The van der Waals surface area contributed by atoms with Gasteiger partial charge in [-0.2, -0.15) is 0 Å². The third-order valence-electron chi connectivity index (χ3n) is 9.85. The summed E-state index contributed by atoms with van der Waals surface area (Å²) in [6.07, 6.45) is 5.64. The van der Waals surface area contributed by atoms with Crippen LogP contribution in [0.4, 0.5) is 0 Å². The standard InChI is InChI=1S/C24H17N3OS.C18H13N3OS.C6H7BO2/c1-29-24-25-20(16-10-4-2-5-11-16)22-21(26-24)18-14-8-9-15-19(18)23(28)27(22)17-12-6-3-7-13-17;1-23-18-19-11-15-16(20-18)13-9-5-6-10-14(13)17(22)21(15)12-7-3-2-4-8-12;8-7(9)6-4-2-1-3-5-6/h2-15H,1H3;2-11H,1H3;1-5,8-9H. The minimum atomic E-state index is -1.34. The molecule has 10 nitrogen and oxygen atoms in total. The van der Waals surface area contributed by atoms with Crippen LogP contribution in [0.15, 0.2) is 196 Å². The number of hydrogen-bond donors (Lipinski definition) is 2. The van der Waals surface area contributed by atoms with E-state index in [1.54, 1.807) is 39.6 Å². The highest BCUT2D eigenvalue weighted by Crippen LogP contribution is 2.33. The molecule has 0 aliphatic rings. The largest absolute Gasteiger partial charge is 0.488 e. The molecule has 0 bridgehead atoms. The molecule has 0 saturated carbocycles. The quantitative estimate of drug-likeness (QED) is 0.0728. The summed E-state index contributed by atoms with van der Waals surface area (Å²) in [5.74, 6) is 0. The second kappa shape index (κ2) is 18.6. The van der Waals surface area contributed by atoms with Gasteiger partial charge in [-0.3, -0.25) is 18.7 Å². The van der Waals surface area contributed by atoms with Crippen molar-refractivity contribution in [2.75, 3.05) is 12.5 Å². The summed E-state index contributed by atoms with van der Waals surface area (Å²) in [7, 11) is -1.34. The van der Waals surface area contributed by atoms with Crippen LogP contribution >= 0.6 is 23.5 Å². The fraction of sp³-hybridized carbons (Fsp3) is 0.0417. The van der Waals surface area contributed by atoms with Crippen LogP contribution in [-0.2, 0) is 0 Å². The smallest absolute Gasteiger partial charge is 0.423 e. The Bertz CT molecular complexity index is 3250. The van der Waals surface area contributed by atoms with E-state index >= 15 is 0 Å². The van der Waals surface area contributed by atoms with E-state index in [9.17, 15) is 9.59 Å². The molecule has 0 aliphatic heterocycles. The molecular formula is C48H37BN6O4S2. The zero-order valence-electron chi connectivity index (χ0n) is 33.0. The molecule has 0 aliphatic carbocycles. The van der Waals surface area contributed by atoms with Gasteiger partial charge in [0.1, 0.15) is 11.0 Å². The van der Waals surface area contributed by atoms with Crippen molar-refractivity contribution in [2.24, 2.45) is 0 Å². The lowest BCUT2D eigenvalue weighted by Gasteiger charge is -2.16. The van der Waals surface area contributed by atoms with E-state index < -0.39 is 7.12 Å². The Morgan fingerprint density at radius 2 is 0.934 bits per heavy atom. The first-order valence-electron chi connectivity index (χ1n) is 19.2. The second-order valence-electron chi connectivity index (χ2n) is 13.5. The third-order valence-corrected chi connectivity index (χ3v) is 11.0. The van der Waals surface area contributed by atoms with Gasteiger partial charge in [-0.15, -0.1) is 0 Å². The van der Waals surface area contributed by atoms with Crippen LogP contribution in [0.3, 0.4) is 0 Å². The Morgan fingerprint density at radius 1 is 0.492 bits per heavy atom. The van der Waals surface area contributed by atoms with Crippen LogP contribution < -0.4 is 16.6 Å². The molecule has 0 spiro atoms. The van der Waals surface area contributed by atoms with Crippen LogP contribution in [0.1, 0.15) is 0 Å². The van der Waals surface area contributed by atoms with E-state index in [-0.39, 0.29) is 11.1 Å². The molecule has 13 heteroatoms. The van der Waals surface area contributed by atoms with E-state index in [1.165, 1.54) is 23.5 Å². The Morgan fingerprint density at radius 3 is 1.46 bits per heavy atom. The number of nitrogens with zero attached hydrogens (tertiary/aromatic N) is 6. The predicted molar refractivity (Wildman–Crippen MR) is 251 cm³/mol. The van der Waals surface area contributed by atoms with E-state index in [2.05, 4.69) is 9.97 Å². The lowest BCUT2D eigenvalue weighted by Crippen LogP contribution is -2.29. The third kappa shape index (κ3) is 8.45. The highest BCUT2D eigenvalue weighted by Gasteiger charge is 2.20. The minimum absolute atomic E-state index is 0.0557. The summed E-state index contributed by atoms with van der Waals surface area (Å²) in [4.78, 5) is 45.2. The van der Waals surface area contributed by atoms with Gasteiger partial charge in [-0.25, -0.2) is 19.9 Å². The predicted octanol–water partition coefficient (Wildman–Crippen LogP) is 8.35. The Balaban J connectivity index is 0.000000143. The van der Waals surface area contributed by atoms with Crippen LogP contribution in [0.5, 0.6) is 0 Å². The minimum Gasteiger partial charge on any atom is -0.423 e. The van der Waals surface area contributed by atoms with Gasteiger partial charge in [0.25, 0.3) is 11.1 Å². The fourth-order valence-corrected chi connectivity index (χ4v) is 7.73. The number of fused-ring (bicyclic) bond motifs is 6. The number of para-hydroxylation sites is 2. The molecule has 0 unspecified atom stereocenters. The van der Waals surface area contributed by atoms with E-state index in [0.29, 0.717) is 26.5 Å². The van der Waals surface area contributed by atoms with Crippen molar-refractivity contribution in [3.63, 3.8) is 0 Å². The summed E-state index contributed by atoms with van der Waals surface area (Å²) in [6, 6.07) is 53.1. The molecule has 0 radical (unpaired) electrons. The summed E-state index contributed by atoms with van der Waals surface area (Å²) < 4.78 is 3.42. The maximum absolute atomic E-state index is 13.6. The van der Waals surface area contributed by atoms with Crippen LogP contribution in [0.2, 0.25) is 0 Å². The molecule has 6 aromatic carbocycles. The van der Waals surface area contributed by atoms with Crippen molar-refractivity contribution < 1.29 is 10.0 Å². The van der Waals surface area contributed by atoms with E-state index in [0.717, 1.165) is 55.5 Å². The summed E-state index contributed by atoms with van der Waals surface area (Å²) >= 11 is 2.99. The van der Waals surface area contributed by atoms with Crippen LogP contribution in [-0.4, -0.2) is 58.7 Å². The maximum atomic E-state index is 13.6. The zero-order valence-corrected chi connectivity index (χ0v) is 34.7. The van der Waals surface area contributed by atoms with Gasteiger partial charge in [-0.05, 0) is 54.4 Å². The molecule has 298 valence electrons. The first-order valence-corrected chi connectivity index (χ1v) is 21.6. The normalized spacial score (nSPS) is 10.9. The van der Waals surface area contributed by atoms with E-state index in [1.807, 2.05) is 158 Å². The monoisotopic (exact) mass is 836 g/mol. The van der Waals surface area contributed by atoms with Gasteiger partial charge in [0.2, 0.25) is 0 Å². The molecule has 0 saturated heterocycles. The lowest BCUT2D eigenvalue weighted by atomic mass is 9.81. The molecule has 4 aromatic heterocycles. The van der Waals surface area contributed by atoms with Crippen molar-refractivity contribution >= 4 is 79.7 Å². The van der Waals surface area contributed by atoms with Gasteiger partial charge in [-0.1, -0.05) is 157 Å². The highest BCUT2D eigenvalue weighted by atomic mass is 32.2. The second-order valence-corrected chi connectivity index (χ2v) is 15.1. The first-order chi connectivity index (χ1) is 29.9. The molecule has 0 fully saturated rings. The van der Waals surface area contributed by atoms with Crippen LogP contribution in [0, 0.1) is 0 Å². The Kier molecular flexibility index (Phi) is 12.4. The van der Waals surface area contributed by atoms with Crippen molar-refractivity contribution in [3.05, 3.63) is 197 Å². The van der Waals surface area contributed by atoms with Crippen LogP contribution in [0.25, 0.3) is 66.2 Å². The Hall–Kier alpha value is -6.90. The van der Waals surface area contributed by atoms with Gasteiger partial charge in [0.05, 0.1) is 22.9 Å². The lowest BCUT2D eigenvalue weighted by molar-refractivity contribution is 0.426. The highest BCUT2D eigenvalue weighted by molar-refractivity contribution is 7.98. The molecule has 4 heterocycles. The van der Waals surface area contributed by atoms with Crippen molar-refractivity contribution in [2.45, 2.75) is 10.3 Å². The average Bonchev–Trinajstić information content (AvgIpc) is 3.33. The number of thioether (sulfide) groups is 2. The van der Waals surface area contributed by atoms with Crippen molar-refractivity contribution in [1.29, 1.82) is 0 Å². The molecule has 2 N–H and O–H groups in total. The molecule has 61 heavy (non-hydrogen) atoms. The summed E-state index contributed by atoms with van der Waals surface area (Å²) in [5, 5.41) is 21.5. The van der Waals surface area contributed by atoms with Gasteiger partial charge in [0.15, 0.2) is 10.3 Å². The summed E-state index contributed by atoms with van der Waals surface area (Å²) in [6.45, 7) is 0. The maximum Gasteiger partial charge on any atom is 0.488 e. The van der Waals surface area contributed by atoms with Crippen molar-refractivity contribution in [1.82, 2.24) is 29.1 Å². The molecule has 10 aromatic rings. The number of hydrogen-bond acceptors (Lipinski definition) is 10. The first kappa shape index (κ1) is 40.9. The number of benzene rings is 6. The Labute approximate surface area is 359 Å². The number of pyridine rings is 2. The molecule has 0 amide bonds. The SMILES string of the molecule is CSc1nc(-c2ccccc2)c2c(n1)c1ccccc1c(=O)n2-c1ccccc1.CSc1ncc2c(n1)c1ccccc1c(=O)n2-c1ccccc1.OB(O)c1ccccc1. The number of aromatic nitrogens is 6. The number of rotatable bonds is 6. The van der Waals surface area contributed by atoms with Crippen molar-refractivity contribution in [3.8, 4) is 22.6 Å². The van der Waals surface area contributed by atoms with Gasteiger partial charge in [0, 0.05) is 38.5 Å². The zero-order chi connectivity index (χ0) is 42.3.